The molecule has 7 heteroatoms. The highest BCUT2D eigenvalue weighted by atomic mass is 16.5. The van der Waals surface area contributed by atoms with Crippen molar-refractivity contribution in [2.24, 2.45) is 11.8 Å². The summed E-state index contributed by atoms with van der Waals surface area (Å²) < 4.78 is 5.82. The smallest absolute Gasteiger partial charge is 0.254 e. The van der Waals surface area contributed by atoms with Gasteiger partial charge in [0.15, 0.2) is 5.96 Å². The number of ether oxygens (including phenoxy) is 1. The highest BCUT2D eigenvalue weighted by Gasteiger charge is 2.46. The lowest BCUT2D eigenvalue weighted by Gasteiger charge is -2.34. The van der Waals surface area contributed by atoms with Gasteiger partial charge in [-0.2, -0.15) is 0 Å². The van der Waals surface area contributed by atoms with E-state index in [-0.39, 0.29) is 23.7 Å². The summed E-state index contributed by atoms with van der Waals surface area (Å²) in [6.45, 7) is 7.79. The van der Waals surface area contributed by atoms with E-state index in [0.29, 0.717) is 43.3 Å². The number of nitrogens with zero attached hydrogens (tertiary/aromatic N) is 2. The molecule has 2 aromatic carbocycles. The van der Waals surface area contributed by atoms with Gasteiger partial charge in [-0.05, 0) is 74.4 Å². The Morgan fingerprint density at radius 1 is 1.15 bits per heavy atom. The van der Waals surface area contributed by atoms with Crippen molar-refractivity contribution >= 4 is 17.8 Å². The molecule has 0 radical (unpaired) electrons. The summed E-state index contributed by atoms with van der Waals surface area (Å²) in [4.78, 5) is 29.7. The van der Waals surface area contributed by atoms with Crippen LogP contribution in [0.1, 0.15) is 50.4 Å². The van der Waals surface area contributed by atoms with Gasteiger partial charge in [-0.1, -0.05) is 32.0 Å². The maximum absolute atomic E-state index is 13.2. The fourth-order valence-corrected chi connectivity index (χ4v) is 5.04. The SMILES string of the molecule is CC(C)CC1(C)NC(=N)N(CC2CCCN(C(=O)c3ccc(Oc4ccccc4)cc3)C2)C1=O. The molecule has 2 aliphatic rings. The van der Waals surface area contributed by atoms with E-state index < -0.39 is 5.54 Å². The predicted octanol–water partition coefficient (Wildman–Crippen LogP) is 4.50. The quantitative estimate of drug-likeness (QED) is 0.634. The zero-order chi connectivity index (χ0) is 24.3. The van der Waals surface area contributed by atoms with E-state index in [0.717, 1.165) is 18.6 Å². The first-order valence-corrected chi connectivity index (χ1v) is 12.1. The van der Waals surface area contributed by atoms with Gasteiger partial charge in [0.1, 0.15) is 17.0 Å². The number of hydrogen-bond donors (Lipinski definition) is 2. The van der Waals surface area contributed by atoms with E-state index in [1.165, 1.54) is 0 Å². The molecule has 2 atom stereocenters. The standard InChI is InChI=1S/C27H34N4O3/c1-19(2)16-27(3)25(33)31(26(28)29-27)18-20-8-7-15-30(17-20)24(32)21-11-13-23(14-12-21)34-22-9-5-4-6-10-22/h4-6,9-14,19-20H,7-8,15-18H2,1-3H3,(H2,28,29). The molecule has 0 saturated carbocycles. The molecular formula is C27H34N4O3. The van der Waals surface area contributed by atoms with E-state index in [1.54, 1.807) is 17.0 Å². The molecule has 2 fully saturated rings. The number of rotatable bonds is 7. The summed E-state index contributed by atoms with van der Waals surface area (Å²) >= 11 is 0. The second kappa shape index (κ2) is 9.87. The Bertz CT molecular complexity index is 1040. The predicted molar refractivity (Wildman–Crippen MR) is 132 cm³/mol. The molecular weight excluding hydrogens is 428 g/mol. The van der Waals surface area contributed by atoms with E-state index in [4.69, 9.17) is 10.1 Å². The molecule has 2 aromatic rings. The third kappa shape index (κ3) is 5.24. The van der Waals surface area contributed by atoms with Crippen molar-refractivity contribution in [2.45, 2.75) is 45.6 Å². The van der Waals surface area contributed by atoms with Crippen LogP contribution in [0.25, 0.3) is 0 Å². The van der Waals surface area contributed by atoms with E-state index in [9.17, 15) is 9.59 Å². The summed E-state index contributed by atoms with van der Waals surface area (Å²) in [6.07, 6.45) is 2.51. The number of carbonyl (C=O) groups is 2. The zero-order valence-corrected chi connectivity index (χ0v) is 20.2. The lowest BCUT2D eigenvalue weighted by atomic mass is 9.90. The first-order valence-electron chi connectivity index (χ1n) is 12.1. The Morgan fingerprint density at radius 2 is 1.82 bits per heavy atom. The lowest BCUT2D eigenvalue weighted by Crippen LogP contribution is -2.47. The summed E-state index contributed by atoms with van der Waals surface area (Å²) in [7, 11) is 0. The van der Waals surface area contributed by atoms with E-state index >= 15 is 0 Å². The van der Waals surface area contributed by atoms with Gasteiger partial charge in [-0.15, -0.1) is 0 Å². The maximum atomic E-state index is 13.2. The van der Waals surface area contributed by atoms with Crippen LogP contribution in [0, 0.1) is 17.2 Å². The molecule has 0 bridgehead atoms. The number of carbonyl (C=O) groups excluding carboxylic acids is 2. The average molecular weight is 463 g/mol. The zero-order valence-electron chi connectivity index (χ0n) is 20.2. The number of benzene rings is 2. The second-order valence-corrected chi connectivity index (χ2v) is 10.0. The molecule has 0 aromatic heterocycles. The van der Waals surface area contributed by atoms with Gasteiger partial charge < -0.3 is 15.0 Å². The second-order valence-electron chi connectivity index (χ2n) is 10.0. The Balaban J connectivity index is 1.36. The summed E-state index contributed by atoms with van der Waals surface area (Å²) in [5, 5.41) is 11.4. The number of guanidine groups is 1. The van der Waals surface area contributed by atoms with Crippen LogP contribution < -0.4 is 10.1 Å². The number of hydrogen-bond acceptors (Lipinski definition) is 4. The van der Waals surface area contributed by atoms with Crippen molar-refractivity contribution in [2.75, 3.05) is 19.6 Å². The Labute approximate surface area is 201 Å². The topological polar surface area (TPSA) is 85.7 Å². The molecule has 2 amide bonds. The molecule has 34 heavy (non-hydrogen) atoms. The number of likely N-dealkylation sites (tertiary alicyclic amines) is 1. The molecule has 2 unspecified atom stereocenters. The van der Waals surface area contributed by atoms with E-state index in [1.807, 2.05) is 54.3 Å². The molecule has 2 heterocycles. The fourth-order valence-electron chi connectivity index (χ4n) is 5.04. The van der Waals surface area contributed by atoms with E-state index in [2.05, 4.69) is 19.2 Å². The van der Waals surface area contributed by atoms with Crippen molar-refractivity contribution in [1.82, 2.24) is 15.1 Å². The van der Waals surface area contributed by atoms with Gasteiger partial charge >= 0.3 is 0 Å². The number of piperidine rings is 1. The van der Waals surface area contributed by atoms with Crippen LogP contribution in [-0.4, -0.2) is 52.7 Å². The van der Waals surface area contributed by atoms with Gasteiger partial charge in [-0.3, -0.25) is 19.9 Å². The lowest BCUT2D eigenvalue weighted by molar-refractivity contribution is -0.131. The van der Waals surface area contributed by atoms with Crippen molar-refractivity contribution in [1.29, 1.82) is 5.41 Å². The van der Waals surface area contributed by atoms with Crippen molar-refractivity contribution < 1.29 is 14.3 Å². The first-order chi connectivity index (χ1) is 16.2. The molecule has 7 nitrogen and oxygen atoms in total. The maximum Gasteiger partial charge on any atom is 0.254 e. The average Bonchev–Trinajstić information content (AvgIpc) is 3.02. The molecule has 180 valence electrons. The first kappa shape index (κ1) is 23.8. The molecule has 2 saturated heterocycles. The fraction of sp³-hybridized carbons (Fsp3) is 0.444. The molecule has 0 spiro atoms. The molecule has 0 aliphatic carbocycles. The van der Waals surface area contributed by atoms with Gasteiger partial charge in [0.25, 0.3) is 11.8 Å². The van der Waals surface area contributed by atoms with Crippen LogP contribution >= 0.6 is 0 Å². The van der Waals surface area contributed by atoms with Crippen LogP contribution in [0.3, 0.4) is 0 Å². The summed E-state index contributed by atoms with van der Waals surface area (Å²) in [5.74, 6) is 2.05. The van der Waals surface area contributed by atoms with Crippen LogP contribution in [0.15, 0.2) is 54.6 Å². The summed E-state index contributed by atoms with van der Waals surface area (Å²) in [5.41, 5.74) is -0.101. The number of para-hydroxylation sites is 1. The molecule has 2 N–H and O–H groups in total. The largest absolute Gasteiger partial charge is 0.457 e. The van der Waals surface area contributed by atoms with Gasteiger partial charge in [0.2, 0.25) is 0 Å². The minimum Gasteiger partial charge on any atom is -0.457 e. The number of nitrogens with one attached hydrogen (secondary N) is 2. The van der Waals surface area contributed by atoms with Crippen molar-refractivity contribution in [3.05, 3.63) is 60.2 Å². The Kier molecular flexibility index (Phi) is 6.91. The van der Waals surface area contributed by atoms with Crippen LogP contribution in [-0.2, 0) is 4.79 Å². The van der Waals surface area contributed by atoms with Crippen LogP contribution in [0.4, 0.5) is 0 Å². The van der Waals surface area contributed by atoms with Gasteiger partial charge in [-0.25, -0.2) is 0 Å². The minimum atomic E-state index is -0.723. The Morgan fingerprint density at radius 3 is 2.50 bits per heavy atom. The minimum absolute atomic E-state index is 0.0124. The van der Waals surface area contributed by atoms with Gasteiger partial charge in [0.05, 0.1) is 0 Å². The molecule has 2 aliphatic heterocycles. The Hall–Kier alpha value is -3.35. The highest BCUT2D eigenvalue weighted by molar-refractivity contribution is 6.07. The highest BCUT2D eigenvalue weighted by Crippen LogP contribution is 2.28. The normalized spacial score (nSPS) is 22.8. The molecule has 4 rings (SSSR count). The monoisotopic (exact) mass is 462 g/mol. The van der Waals surface area contributed by atoms with Crippen LogP contribution in [0.5, 0.6) is 11.5 Å². The van der Waals surface area contributed by atoms with Gasteiger partial charge in [0, 0.05) is 25.2 Å². The summed E-state index contributed by atoms with van der Waals surface area (Å²) in [6, 6.07) is 16.8. The third-order valence-electron chi connectivity index (χ3n) is 6.53. The number of amides is 2. The van der Waals surface area contributed by atoms with Crippen molar-refractivity contribution in [3.8, 4) is 11.5 Å². The van der Waals surface area contributed by atoms with Crippen LogP contribution in [0.2, 0.25) is 0 Å². The van der Waals surface area contributed by atoms with Crippen molar-refractivity contribution in [3.63, 3.8) is 0 Å². The third-order valence-corrected chi connectivity index (χ3v) is 6.53.